The first-order valence-corrected chi connectivity index (χ1v) is 6.74. The maximum absolute atomic E-state index is 5.82. The van der Waals surface area contributed by atoms with Crippen molar-refractivity contribution >= 4 is 11.6 Å². The maximum Gasteiger partial charge on any atom is 0.0233 e. The van der Waals surface area contributed by atoms with Gasteiger partial charge in [-0.25, -0.2) is 0 Å². The molecule has 1 aliphatic rings. The van der Waals surface area contributed by atoms with E-state index >= 15 is 0 Å². The van der Waals surface area contributed by atoms with Gasteiger partial charge in [-0.15, -0.1) is 11.6 Å². The number of rotatable bonds is 4. The zero-order valence-corrected chi connectivity index (χ0v) is 10.5. The van der Waals surface area contributed by atoms with Crippen molar-refractivity contribution in [1.29, 1.82) is 0 Å². The Bertz CT molecular complexity index is 297. The Hall–Kier alpha value is -0.530. The van der Waals surface area contributed by atoms with Gasteiger partial charge in [-0.1, -0.05) is 30.3 Å². The molecule has 1 aliphatic heterocycles. The quantitative estimate of drug-likeness (QED) is 0.725. The summed E-state index contributed by atoms with van der Waals surface area (Å²) in [5, 5.41) is 0. The minimum atomic E-state index is 0.809. The second-order valence-electron chi connectivity index (χ2n) is 4.71. The van der Waals surface area contributed by atoms with Crippen LogP contribution in [0.1, 0.15) is 24.8 Å². The molecule has 0 amide bonds. The predicted molar refractivity (Wildman–Crippen MR) is 69.8 cm³/mol. The molecule has 0 unspecified atom stereocenters. The SMILES string of the molecule is ClCC[C@@H]1CCCN(Cc2ccccc2)C1. The van der Waals surface area contributed by atoms with Gasteiger partial charge in [0.2, 0.25) is 0 Å². The topological polar surface area (TPSA) is 3.24 Å². The Morgan fingerprint density at radius 3 is 2.81 bits per heavy atom. The fraction of sp³-hybridized carbons (Fsp3) is 0.571. The summed E-state index contributed by atoms with van der Waals surface area (Å²) >= 11 is 5.82. The van der Waals surface area contributed by atoms with Crippen molar-refractivity contribution in [1.82, 2.24) is 4.90 Å². The third-order valence-electron chi connectivity index (χ3n) is 3.37. The van der Waals surface area contributed by atoms with Crippen molar-refractivity contribution in [2.24, 2.45) is 5.92 Å². The molecule has 0 aliphatic carbocycles. The molecule has 1 saturated heterocycles. The molecule has 1 nitrogen and oxygen atoms in total. The highest BCUT2D eigenvalue weighted by atomic mass is 35.5. The van der Waals surface area contributed by atoms with E-state index in [2.05, 4.69) is 35.2 Å². The number of piperidine rings is 1. The molecule has 0 spiro atoms. The molecule has 1 aromatic carbocycles. The van der Waals surface area contributed by atoms with Crippen molar-refractivity contribution in [2.45, 2.75) is 25.8 Å². The first-order chi connectivity index (χ1) is 7.88. The Kier molecular flexibility index (Phi) is 4.68. The Balaban J connectivity index is 1.85. The highest BCUT2D eigenvalue weighted by Gasteiger charge is 2.19. The van der Waals surface area contributed by atoms with Gasteiger partial charge in [-0.3, -0.25) is 4.90 Å². The number of alkyl halides is 1. The van der Waals surface area contributed by atoms with E-state index in [4.69, 9.17) is 11.6 Å². The number of benzene rings is 1. The van der Waals surface area contributed by atoms with Crippen LogP contribution in [-0.2, 0) is 6.54 Å². The van der Waals surface area contributed by atoms with Crippen LogP contribution in [0.15, 0.2) is 30.3 Å². The largest absolute Gasteiger partial charge is 0.299 e. The molecular weight excluding hydrogens is 218 g/mol. The standard InChI is InChI=1S/C14H20ClN/c15-9-8-14-7-4-10-16(12-14)11-13-5-2-1-3-6-13/h1-3,5-6,14H,4,7-12H2/t14-/m0/s1. The van der Waals surface area contributed by atoms with E-state index < -0.39 is 0 Å². The van der Waals surface area contributed by atoms with Crippen LogP contribution in [0.3, 0.4) is 0 Å². The third kappa shape index (κ3) is 3.50. The van der Waals surface area contributed by atoms with Gasteiger partial charge >= 0.3 is 0 Å². The van der Waals surface area contributed by atoms with Crippen LogP contribution in [0, 0.1) is 5.92 Å². The summed E-state index contributed by atoms with van der Waals surface area (Å²) < 4.78 is 0. The first-order valence-electron chi connectivity index (χ1n) is 6.20. The molecular formula is C14H20ClN. The van der Waals surface area contributed by atoms with Crippen molar-refractivity contribution < 1.29 is 0 Å². The van der Waals surface area contributed by atoms with Crippen LogP contribution in [0.5, 0.6) is 0 Å². The molecule has 2 rings (SSSR count). The molecule has 0 saturated carbocycles. The molecule has 2 heteroatoms. The van der Waals surface area contributed by atoms with Crippen molar-refractivity contribution in [3.63, 3.8) is 0 Å². The average Bonchev–Trinajstić information content (AvgIpc) is 2.31. The number of halogens is 1. The third-order valence-corrected chi connectivity index (χ3v) is 3.59. The first kappa shape index (κ1) is 11.9. The molecule has 1 atom stereocenters. The summed E-state index contributed by atoms with van der Waals surface area (Å²) in [6.07, 6.45) is 3.86. The molecule has 0 radical (unpaired) electrons. The lowest BCUT2D eigenvalue weighted by Crippen LogP contribution is -2.35. The Morgan fingerprint density at radius 2 is 2.06 bits per heavy atom. The van der Waals surface area contributed by atoms with E-state index in [1.165, 1.54) is 37.9 Å². The van der Waals surface area contributed by atoms with Crippen molar-refractivity contribution in [2.75, 3.05) is 19.0 Å². The summed E-state index contributed by atoms with van der Waals surface area (Å²) in [4.78, 5) is 2.57. The fourth-order valence-electron chi connectivity index (χ4n) is 2.53. The lowest BCUT2D eigenvalue weighted by atomic mass is 9.95. The normalized spacial score (nSPS) is 22.2. The average molecular weight is 238 g/mol. The van der Waals surface area contributed by atoms with Gasteiger partial charge in [0.1, 0.15) is 0 Å². The van der Waals surface area contributed by atoms with Crippen LogP contribution < -0.4 is 0 Å². The van der Waals surface area contributed by atoms with Crippen LogP contribution in [0.4, 0.5) is 0 Å². The Labute approximate surface area is 103 Å². The molecule has 0 bridgehead atoms. The van der Waals surface area contributed by atoms with Crippen molar-refractivity contribution in [3.8, 4) is 0 Å². The minimum Gasteiger partial charge on any atom is -0.299 e. The van der Waals surface area contributed by atoms with Gasteiger partial charge in [0.05, 0.1) is 0 Å². The van der Waals surface area contributed by atoms with E-state index in [9.17, 15) is 0 Å². The molecule has 0 aromatic heterocycles. The second-order valence-corrected chi connectivity index (χ2v) is 5.08. The summed E-state index contributed by atoms with van der Waals surface area (Å²) in [6, 6.07) is 10.7. The lowest BCUT2D eigenvalue weighted by molar-refractivity contribution is 0.165. The lowest BCUT2D eigenvalue weighted by Gasteiger charge is -2.32. The van der Waals surface area contributed by atoms with Gasteiger partial charge in [-0.2, -0.15) is 0 Å². The Morgan fingerprint density at radius 1 is 1.25 bits per heavy atom. The molecule has 0 N–H and O–H groups in total. The second kappa shape index (κ2) is 6.27. The maximum atomic E-state index is 5.82. The zero-order chi connectivity index (χ0) is 11.2. The van der Waals surface area contributed by atoms with Crippen LogP contribution in [-0.4, -0.2) is 23.9 Å². The predicted octanol–water partition coefficient (Wildman–Crippen LogP) is 3.53. The summed E-state index contributed by atoms with van der Waals surface area (Å²) in [7, 11) is 0. The van der Waals surface area contributed by atoms with E-state index in [0.717, 1.165) is 18.3 Å². The number of nitrogens with zero attached hydrogens (tertiary/aromatic N) is 1. The van der Waals surface area contributed by atoms with E-state index in [0.29, 0.717) is 0 Å². The van der Waals surface area contributed by atoms with Crippen molar-refractivity contribution in [3.05, 3.63) is 35.9 Å². The number of likely N-dealkylation sites (tertiary alicyclic amines) is 1. The molecule has 1 heterocycles. The van der Waals surface area contributed by atoms with E-state index in [1.54, 1.807) is 0 Å². The van der Waals surface area contributed by atoms with Crippen LogP contribution in [0.2, 0.25) is 0 Å². The molecule has 88 valence electrons. The van der Waals surface area contributed by atoms with Gasteiger partial charge in [0.25, 0.3) is 0 Å². The highest BCUT2D eigenvalue weighted by Crippen LogP contribution is 2.21. The van der Waals surface area contributed by atoms with Gasteiger partial charge < -0.3 is 0 Å². The minimum absolute atomic E-state index is 0.809. The van der Waals surface area contributed by atoms with E-state index in [-0.39, 0.29) is 0 Å². The zero-order valence-electron chi connectivity index (χ0n) is 9.74. The van der Waals surface area contributed by atoms with Gasteiger partial charge in [0.15, 0.2) is 0 Å². The monoisotopic (exact) mass is 237 g/mol. The highest BCUT2D eigenvalue weighted by molar-refractivity contribution is 6.17. The smallest absolute Gasteiger partial charge is 0.0233 e. The summed E-state index contributed by atoms with van der Waals surface area (Å²) in [5.41, 5.74) is 1.43. The summed E-state index contributed by atoms with van der Waals surface area (Å²) in [5.74, 6) is 1.62. The summed E-state index contributed by atoms with van der Waals surface area (Å²) in [6.45, 7) is 3.56. The van der Waals surface area contributed by atoms with Gasteiger partial charge in [0, 0.05) is 19.0 Å². The number of hydrogen-bond acceptors (Lipinski definition) is 1. The molecule has 16 heavy (non-hydrogen) atoms. The number of hydrogen-bond donors (Lipinski definition) is 0. The van der Waals surface area contributed by atoms with Crippen LogP contribution >= 0.6 is 11.6 Å². The van der Waals surface area contributed by atoms with Gasteiger partial charge in [-0.05, 0) is 37.3 Å². The fourth-order valence-corrected chi connectivity index (χ4v) is 2.84. The molecule has 1 fully saturated rings. The van der Waals surface area contributed by atoms with E-state index in [1.807, 2.05) is 0 Å². The molecule has 1 aromatic rings. The van der Waals surface area contributed by atoms with Crippen LogP contribution in [0.25, 0.3) is 0 Å².